The summed E-state index contributed by atoms with van der Waals surface area (Å²) in [5.74, 6) is 0.914. The van der Waals surface area contributed by atoms with Crippen LogP contribution in [0.1, 0.15) is 65.5 Å². The van der Waals surface area contributed by atoms with Crippen LogP contribution in [0.3, 0.4) is 0 Å². The summed E-state index contributed by atoms with van der Waals surface area (Å²) in [6, 6.07) is 7.43. The lowest BCUT2D eigenvalue weighted by molar-refractivity contribution is -0.172. The Balaban J connectivity index is 1.97. The van der Waals surface area contributed by atoms with E-state index in [0.29, 0.717) is 28.8 Å². The van der Waals surface area contributed by atoms with Crippen molar-refractivity contribution in [1.29, 1.82) is 0 Å². The van der Waals surface area contributed by atoms with Gasteiger partial charge in [-0.15, -0.1) is 0 Å². The number of methoxy groups -OCH3 is 1. The average Bonchev–Trinajstić information content (AvgIpc) is 3.10. The van der Waals surface area contributed by atoms with E-state index in [2.05, 4.69) is 20.8 Å². The summed E-state index contributed by atoms with van der Waals surface area (Å²) in [5.41, 5.74) is 1.28. The molecule has 3 rings (SSSR count). The minimum absolute atomic E-state index is 0.122. The molecule has 0 unspecified atom stereocenters. The van der Waals surface area contributed by atoms with Crippen molar-refractivity contribution in [3.8, 4) is 0 Å². The van der Waals surface area contributed by atoms with Gasteiger partial charge in [-0.05, 0) is 50.5 Å². The Morgan fingerprint density at radius 3 is 2.45 bits per heavy atom. The maximum absolute atomic E-state index is 13.4. The van der Waals surface area contributed by atoms with Crippen molar-refractivity contribution in [3.63, 3.8) is 0 Å². The molecule has 31 heavy (non-hydrogen) atoms. The Morgan fingerprint density at radius 1 is 1.10 bits per heavy atom. The molecule has 1 aliphatic rings. The number of aromatic nitrogens is 1. The van der Waals surface area contributed by atoms with Gasteiger partial charge in [0.2, 0.25) is 0 Å². The van der Waals surface area contributed by atoms with Gasteiger partial charge >= 0.3 is 12.1 Å². The summed E-state index contributed by atoms with van der Waals surface area (Å²) < 4.78 is 18.5. The highest BCUT2D eigenvalue weighted by Gasteiger charge is 2.37. The topological polar surface area (TPSA) is 66.8 Å². The zero-order chi connectivity index (χ0) is 22.7. The molecule has 0 spiro atoms. The summed E-state index contributed by atoms with van der Waals surface area (Å²) in [5, 5.41) is 0.771. The molecule has 6 heteroatoms. The number of para-hydroxylation sites is 1. The minimum atomic E-state index is -0.916. The van der Waals surface area contributed by atoms with Gasteiger partial charge in [-0.2, -0.15) is 0 Å². The Hall–Kier alpha value is -2.34. The maximum Gasteiger partial charge on any atom is 0.418 e. The fourth-order valence-electron chi connectivity index (χ4n) is 4.65. The number of hydrogen-bond donors (Lipinski definition) is 0. The second-order valence-corrected chi connectivity index (χ2v) is 9.31. The van der Waals surface area contributed by atoms with Gasteiger partial charge < -0.3 is 14.2 Å². The molecule has 1 aliphatic carbocycles. The van der Waals surface area contributed by atoms with Gasteiger partial charge in [0, 0.05) is 17.1 Å². The van der Waals surface area contributed by atoms with E-state index in [1.807, 2.05) is 38.1 Å². The first-order valence-corrected chi connectivity index (χ1v) is 11.3. The first kappa shape index (κ1) is 23.3. The normalized spacial score (nSPS) is 22.6. The number of rotatable bonds is 6. The van der Waals surface area contributed by atoms with Crippen molar-refractivity contribution in [2.24, 2.45) is 17.8 Å². The van der Waals surface area contributed by atoms with Gasteiger partial charge in [-0.1, -0.05) is 45.4 Å². The molecule has 1 fully saturated rings. The minimum Gasteiger partial charge on any atom is -0.460 e. The molecule has 2 aromatic rings. The monoisotopic (exact) mass is 429 g/mol. The molecule has 0 radical (unpaired) electrons. The quantitative estimate of drug-likeness (QED) is 0.549. The van der Waals surface area contributed by atoms with Crippen molar-refractivity contribution in [2.45, 2.75) is 72.2 Å². The van der Waals surface area contributed by atoms with E-state index in [4.69, 9.17) is 14.2 Å². The zero-order valence-corrected chi connectivity index (χ0v) is 19.5. The molecule has 4 atom stereocenters. The van der Waals surface area contributed by atoms with Gasteiger partial charge in [0.25, 0.3) is 0 Å². The molecule has 0 bridgehead atoms. The predicted octanol–water partition coefficient (Wildman–Crippen LogP) is 5.73. The van der Waals surface area contributed by atoms with Gasteiger partial charge in [0.05, 0.1) is 18.7 Å². The SMILES string of the molecule is COC(=O)n1cc([C@@H](OC(C)C)C(=O)O[C@@H]2C[C@H](C)CC[C@H]2C(C)C)c2ccccc21. The molecule has 0 N–H and O–H groups in total. The standard InChI is InChI=1S/C25H35NO5/c1-15(2)18-12-11-17(5)13-22(18)31-24(27)23(30-16(3)4)20-14-26(25(28)29-6)21-10-8-7-9-19(20)21/h7-10,14-18,22-23H,11-13H2,1-6H3/t17-,18+,22-,23-/m1/s1. The average molecular weight is 430 g/mol. The summed E-state index contributed by atoms with van der Waals surface area (Å²) in [6.07, 6.45) is 2.98. The second-order valence-electron chi connectivity index (χ2n) is 9.31. The first-order valence-electron chi connectivity index (χ1n) is 11.3. The molecule has 1 aromatic carbocycles. The molecule has 1 aromatic heterocycles. The van der Waals surface area contributed by atoms with E-state index >= 15 is 0 Å². The van der Waals surface area contributed by atoms with E-state index in [9.17, 15) is 9.59 Å². The highest BCUT2D eigenvalue weighted by Crippen LogP contribution is 2.37. The van der Waals surface area contributed by atoms with Crippen LogP contribution in [-0.2, 0) is 19.0 Å². The molecular weight excluding hydrogens is 394 g/mol. The van der Waals surface area contributed by atoms with E-state index in [1.54, 1.807) is 6.20 Å². The summed E-state index contributed by atoms with van der Waals surface area (Å²) in [7, 11) is 1.34. The predicted molar refractivity (Wildman–Crippen MR) is 120 cm³/mol. The van der Waals surface area contributed by atoms with Gasteiger partial charge in [-0.25, -0.2) is 9.59 Å². The number of nitrogens with zero attached hydrogens (tertiary/aromatic N) is 1. The van der Waals surface area contributed by atoms with Crippen LogP contribution in [0.2, 0.25) is 0 Å². The first-order chi connectivity index (χ1) is 14.7. The molecule has 0 aliphatic heterocycles. The number of carbonyl (C=O) groups excluding carboxylic acids is 2. The van der Waals surface area contributed by atoms with Crippen LogP contribution in [0.25, 0.3) is 10.9 Å². The molecule has 0 saturated heterocycles. The second kappa shape index (κ2) is 9.86. The van der Waals surface area contributed by atoms with Crippen LogP contribution < -0.4 is 0 Å². The number of benzene rings is 1. The van der Waals surface area contributed by atoms with Crippen LogP contribution in [0.4, 0.5) is 4.79 Å². The third-order valence-corrected chi connectivity index (χ3v) is 6.25. The molecule has 0 amide bonds. The van der Waals surface area contributed by atoms with Crippen molar-refractivity contribution in [2.75, 3.05) is 7.11 Å². The Labute approximate surface area is 184 Å². The zero-order valence-electron chi connectivity index (χ0n) is 19.5. The Bertz CT molecular complexity index is 916. The molecule has 1 heterocycles. The van der Waals surface area contributed by atoms with Crippen LogP contribution in [0.5, 0.6) is 0 Å². The van der Waals surface area contributed by atoms with Crippen molar-refractivity contribution >= 4 is 23.0 Å². The highest BCUT2D eigenvalue weighted by molar-refractivity contribution is 5.95. The largest absolute Gasteiger partial charge is 0.460 e. The number of hydrogen-bond acceptors (Lipinski definition) is 5. The highest BCUT2D eigenvalue weighted by atomic mass is 16.6. The third kappa shape index (κ3) is 5.12. The van der Waals surface area contributed by atoms with Crippen LogP contribution in [0.15, 0.2) is 30.5 Å². The summed E-state index contributed by atoms with van der Waals surface area (Å²) in [6.45, 7) is 10.4. The van der Waals surface area contributed by atoms with Gasteiger partial charge in [-0.3, -0.25) is 4.57 Å². The number of fused-ring (bicyclic) bond motifs is 1. The van der Waals surface area contributed by atoms with Crippen LogP contribution in [-0.4, -0.2) is 35.9 Å². The number of carbonyl (C=O) groups is 2. The van der Waals surface area contributed by atoms with Crippen molar-refractivity contribution in [3.05, 3.63) is 36.0 Å². The van der Waals surface area contributed by atoms with Crippen LogP contribution in [0, 0.1) is 17.8 Å². The third-order valence-electron chi connectivity index (χ3n) is 6.25. The van der Waals surface area contributed by atoms with Gasteiger partial charge in [0.1, 0.15) is 6.10 Å². The van der Waals surface area contributed by atoms with Crippen molar-refractivity contribution < 1.29 is 23.8 Å². The molecule has 6 nitrogen and oxygen atoms in total. The molecular formula is C25H35NO5. The smallest absolute Gasteiger partial charge is 0.418 e. The van der Waals surface area contributed by atoms with Crippen LogP contribution >= 0.6 is 0 Å². The summed E-state index contributed by atoms with van der Waals surface area (Å²) in [4.78, 5) is 25.8. The Kier molecular flexibility index (Phi) is 7.42. The van der Waals surface area contributed by atoms with Crippen molar-refractivity contribution in [1.82, 2.24) is 4.57 Å². The van der Waals surface area contributed by atoms with Gasteiger partial charge in [0.15, 0.2) is 6.10 Å². The lowest BCUT2D eigenvalue weighted by atomic mass is 9.75. The number of esters is 1. The van der Waals surface area contributed by atoms with E-state index < -0.39 is 18.2 Å². The fourth-order valence-corrected chi connectivity index (χ4v) is 4.65. The number of ether oxygens (including phenoxy) is 3. The lowest BCUT2D eigenvalue weighted by Gasteiger charge is -2.37. The Morgan fingerprint density at radius 2 is 1.81 bits per heavy atom. The lowest BCUT2D eigenvalue weighted by Crippen LogP contribution is -2.37. The van der Waals surface area contributed by atoms with E-state index in [0.717, 1.165) is 24.6 Å². The summed E-state index contributed by atoms with van der Waals surface area (Å²) >= 11 is 0. The van der Waals surface area contributed by atoms with E-state index in [1.165, 1.54) is 11.7 Å². The fraction of sp³-hybridized carbons (Fsp3) is 0.600. The molecule has 170 valence electrons. The molecule has 1 saturated carbocycles. The van der Waals surface area contributed by atoms with E-state index in [-0.39, 0.29) is 12.2 Å². The maximum atomic E-state index is 13.4.